The van der Waals surface area contributed by atoms with E-state index in [1.807, 2.05) is 6.92 Å². The van der Waals surface area contributed by atoms with E-state index in [-0.39, 0.29) is 35.9 Å². The van der Waals surface area contributed by atoms with Crippen LogP contribution in [-0.2, 0) is 4.79 Å². The number of carbonyl (C=O) groups excluding carboxylic acids is 1. The molecule has 1 saturated heterocycles. The third-order valence-electron chi connectivity index (χ3n) is 5.36. The van der Waals surface area contributed by atoms with Gasteiger partial charge >= 0.3 is 0 Å². The molecule has 2 N–H and O–H groups in total. The van der Waals surface area contributed by atoms with Gasteiger partial charge in [-0.05, 0) is 44.9 Å². The van der Waals surface area contributed by atoms with Crippen molar-refractivity contribution in [3.63, 3.8) is 0 Å². The lowest BCUT2D eigenvalue weighted by Crippen LogP contribution is -2.41. The molecule has 1 amide bonds. The second-order valence-electron chi connectivity index (χ2n) is 7.24. The number of carbonyl (C=O) groups is 1. The molecule has 0 radical (unpaired) electrons. The number of likely N-dealkylation sites (tertiary alicyclic amines) is 1. The van der Waals surface area contributed by atoms with Crippen molar-refractivity contribution in [3.05, 3.63) is 0 Å². The van der Waals surface area contributed by atoms with E-state index in [0.29, 0.717) is 18.4 Å². The molecule has 1 saturated carbocycles. The highest BCUT2D eigenvalue weighted by Crippen LogP contribution is 2.45. The van der Waals surface area contributed by atoms with E-state index >= 15 is 0 Å². The van der Waals surface area contributed by atoms with E-state index in [0.717, 1.165) is 32.0 Å². The summed E-state index contributed by atoms with van der Waals surface area (Å²) in [5, 5.41) is 6.40. The van der Waals surface area contributed by atoms with E-state index in [9.17, 15) is 4.79 Å². The lowest BCUT2D eigenvalue weighted by Gasteiger charge is -2.26. The molecule has 0 bridgehead atoms. The zero-order valence-corrected chi connectivity index (χ0v) is 17.9. The molecule has 1 unspecified atom stereocenters. The molecule has 5 nitrogen and oxygen atoms in total. The van der Waals surface area contributed by atoms with Crippen LogP contribution in [0.5, 0.6) is 0 Å². The molecule has 1 spiro atoms. The number of amides is 1. The normalized spacial score (nSPS) is 20.8. The Kier molecular flexibility index (Phi) is 9.37. The number of guanidine groups is 1. The first kappa shape index (κ1) is 21.5. The van der Waals surface area contributed by atoms with Gasteiger partial charge in [0.1, 0.15) is 0 Å². The Morgan fingerprint density at radius 3 is 2.58 bits per heavy atom. The zero-order valence-electron chi connectivity index (χ0n) is 15.6. The maximum atomic E-state index is 11.9. The van der Waals surface area contributed by atoms with Crippen LogP contribution in [-0.4, -0.2) is 49.0 Å². The Bertz CT molecular complexity index is 421. The molecular formula is C18H35IN4O. The topological polar surface area (TPSA) is 56.7 Å². The third-order valence-corrected chi connectivity index (χ3v) is 5.36. The van der Waals surface area contributed by atoms with Gasteiger partial charge in [-0.1, -0.05) is 19.8 Å². The largest absolute Gasteiger partial charge is 0.357 e. The Morgan fingerprint density at radius 2 is 1.96 bits per heavy atom. The van der Waals surface area contributed by atoms with Crippen LogP contribution in [0.4, 0.5) is 0 Å². The molecule has 24 heavy (non-hydrogen) atoms. The van der Waals surface area contributed by atoms with Gasteiger partial charge in [0, 0.05) is 32.1 Å². The summed E-state index contributed by atoms with van der Waals surface area (Å²) in [6.45, 7) is 9.90. The van der Waals surface area contributed by atoms with E-state index in [1.165, 1.54) is 32.1 Å². The quantitative estimate of drug-likeness (QED) is 0.372. The molecular weight excluding hydrogens is 415 g/mol. The highest BCUT2D eigenvalue weighted by atomic mass is 127. The van der Waals surface area contributed by atoms with Gasteiger partial charge in [0.05, 0.1) is 6.54 Å². The summed E-state index contributed by atoms with van der Waals surface area (Å²) in [7, 11) is 0. The first-order valence-corrected chi connectivity index (χ1v) is 9.41. The van der Waals surface area contributed by atoms with Crippen LogP contribution in [0.1, 0.15) is 65.7 Å². The first-order valence-electron chi connectivity index (χ1n) is 9.41. The molecule has 0 aromatic carbocycles. The van der Waals surface area contributed by atoms with Gasteiger partial charge in [-0.3, -0.25) is 9.79 Å². The second kappa shape index (κ2) is 10.5. The maximum Gasteiger partial charge on any atom is 0.222 e. The van der Waals surface area contributed by atoms with Gasteiger partial charge in [0.2, 0.25) is 5.91 Å². The van der Waals surface area contributed by atoms with Crippen molar-refractivity contribution in [2.45, 2.75) is 71.8 Å². The van der Waals surface area contributed by atoms with Crippen molar-refractivity contribution in [1.82, 2.24) is 15.5 Å². The van der Waals surface area contributed by atoms with Crippen LogP contribution >= 0.6 is 24.0 Å². The van der Waals surface area contributed by atoms with Crippen LogP contribution in [0.15, 0.2) is 4.99 Å². The Balaban J connectivity index is 0.00000288. The van der Waals surface area contributed by atoms with E-state index < -0.39 is 0 Å². The zero-order chi connectivity index (χ0) is 16.7. The molecule has 1 atom stereocenters. The molecule has 2 aliphatic rings. The highest BCUT2D eigenvalue weighted by Gasteiger charge is 2.41. The number of halogens is 1. The van der Waals surface area contributed by atoms with Crippen molar-refractivity contribution in [2.24, 2.45) is 10.4 Å². The Hall–Kier alpha value is -0.530. The van der Waals surface area contributed by atoms with Gasteiger partial charge in [0.15, 0.2) is 5.96 Å². The first-order chi connectivity index (χ1) is 11.1. The number of hydrogen-bond acceptors (Lipinski definition) is 2. The van der Waals surface area contributed by atoms with Crippen molar-refractivity contribution in [2.75, 3.05) is 26.2 Å². The SMILES string of the molecule is CCNC(=NCCC(=O)NC(C)CC)N1CCC2(CCCC2)C1.I. The van der Waals surface area contributed by atoms with Gasteiger partial charge in [-0.15, -0.1) is 24.0 Å². The minimum Gasteiger partial charge on any atom is -0.357 e. The fourth-order valence-electron chi connectivity index (χ4n) is 3.79. The third kappa shape index (κ3) is 6.08. The summed E-state index contributed by atoms with van der Waals surface area (Å²) in [6, 6.07) is 0.250. The molecule has 2 fully saturated rings. The van der Waals surface area contributed by atoms with Gasteiger partial charge in [-0.25, -0.2) is 0 Å². The minimum absolute atomic E-state index is 0. The molecule has 2 rings (SSSR count). The standard InChI is InChI=1S/C18H34N4O.HI/c1-4-15(3)21-16(23)8-12-20-17(19-5-2)22-13-11-18(14-22)9-6-7-10-18;/h15H,4-14H2,1-3H3,(H,19,20)(H,21,23);1H. The van der Waals surface area contributed by atoms with E-state index in [4.69, 9.17) is 4.99 Å². The van der Waals surface area contributed by atoms with Gasteiger partial charge in [-0.2, -0.15) is 0 Å². The summed E-state index contributed by atoms with van der Waals surface area (Å²) in [6.07, 6.45) is 8.26. The summed E-state index contributed by atoms with van der Waals surface area (Å²) in [5.41, 5.74) is 0.546. The molecule has 1 heterocycles. The number of aliphatic imine (C=N–C) groups is 1. The lowest BCUT2D eigenvalue weighted by atomic mass is 9.86. The minimum atomic E-state index is 0. The summed E-state index contributed by atoms with van der Waals surface area (Å²) >= 11 is 0. The average Bonchev–Trinajstić information content (AvgIpc) is 3.17. The Morgan fingerprint density at radius 1 is 1.25 bits per heavy atom. The average molecular weight is 450 g/mol. The second-order valence-corrected chi connectivity index (χ2v) is 7.24. The number of rotatable bonds is 6. The van der Waals surface area contributed by atoms with Gasteiger partial charge in [0.25, 0.3) is 0 Å². The van der Waals surface area contributed by atoms with Crippen molar-refractivity contribution in [3.8, 4) is 0 Å². The predicted octanol–water partition coefficient (Wildman–Crippen LogP) is 3.14. The smallest absolute Gasteiger partial charge is 0.222 e. The van der Waals surface area contributed by atoms with Crippen molar-refractivity contribution < 1.29 is 4.79 Å². The molecule has 140 valence electrons. The summed E-state index contributed by atoms with van der Waals surface area (Å²) < 4.78 is 0. The number of nitrogens with zero attached hydrogens (tertiary/aromatic N) is 2. The molecule has 1 aliphatic carbocycles. The molecule has 1 aliphatic heterocycles. The van der Waals surface area contributed by atoms with Crippen LogP contribution in [0, 0.1) is 5.41 Å². The Labute approximate surface area is 164 Å². The highest BCUT2D eigenvalue weighted by molar-refractivity contribution is 14.0. The maximum absolute atomic E-state index is 11.9. The van der Waals surface area contributed by atoms with Crippen molar-refractivity contribution in [1.29, 1.82) is 0 Å². The fraction of sp³-hybridized carbons (Fsp3) is 0.889. The van der Waals surface area contributed by atoms with Crippen molar-refractivity contribution >= 4 is 35.8 Å². The number of hydrogen-bond donors (Lipinski definition) is 2. The predicted molar refractivity (Wildman–Crippen MR) is 111 cm³/mol. The molecule has 0 aromatic heterocycles. The monoisotopic (exact) mass is 450 g/mol. The lowest BCUT2D eigenvalue weighted by molar-refractivity contribution is -0.121. The van der Waals surface area contributed by atoms with Crippen LogP contribution < -0.4 is 10.6 Å². The van der Waals surface area contributed by atoms with E-state index in [2.05, 4.69) is 29.4 Å². The van der Waals surface area contributed by atoms with E-state index in [1.54, 1.807) is 0 Å². The van der Waals surface area contributed by atoms with Crippen LogP contribution in [0.2, 0.25) is 0 Å². The molecule has 6 heteroatoms. The fourth-order valence-corrected chi connectivity index (χ4v) is 3.79. The van der Waals surface area contributed by atoms with Crippen LogP contribution in [0.25, 0.3) is 0 Å². The summed E-state index contributed by atoms with van der Waals surface area (Å²) in [4.78, 5) is 19.0. The van der Waals surface area contributed by atoms with Gasteiger partial charge < -0.3 is 15.5 Å². The van der Waals surface area contributed by atoms with Crippen LogP contribution in [0.3, 0.4) is 0 Å². The number of nitrogens with one attached hydrogen (secondary N) is 2. The summed E-state index contributed by atoms with van der Waals surface area (Å²) in [5.74, 6) is 1.10. The molecule has 0 aromatic rings.